The van der Waals surface area contributed by atoms with E-state index in [1.807, 2.05) is 25.1 Å². The molecule has 30 heavy (non-hydrogen) atoms. The number of hydrogen-bond donors (Lipinski definition) is 0. The Hall–Kier alpha value is -2.99. The molecule has 3 aromatic rings. The van der Waals surface area contributed by atoms with Gasteiger partial charge in [0.2, 0.25) is 0 Å². The van der Waals surface area contributed by atoms with E-state index in [1.165, 1.54) is 28.8 Å². The maximum Gasteiger partial charge on any atom is 0.416 e. The van der Waals surface area contributed by atoms with Crippen LogP contribution in [0.5, 0.6) is 0 Å². The summed E-state index contributed by atoms with van der Waals surface area (Å²) in [6.07, 6.45) is 3.00. The van der Waals surface area contributed by atoms with Crippen molar-refractivity contribution in [3.8, 4) is 12.3 Å². The number of halogens is 3. The van der Waals surface area contributed by atoms with Gasteiger partial charge in [-0.3, -0.25) is 0 Å². The largest absolute Gasteiger partial charge is 0.416 e. The lowest BCUT2D eigenvalue weighted by Crippen LogP contribution is -2.22. The maximum absolute atomic E-state index is 12.9. The summed E-state index contributed by atoms with van der Waals surface area (Å²) >= 11 is 0. The smallest absolute Gasteiger partial charge is 0.166 e. The predicted molar refractivity (Wildman–Crippen MR) is 116 cm³/mol. The van der Waals surface area contributed by atoms with Crippen LogP contribution in [-0.2, 0) is 18.0 Å². The van der Waals surface area contributed by atoms with Gasteiger partial charge in [-0.2, -0.15) is 13.2 Å². The second kappa shape index (κ2) is 8.79. The quantitative estimate of drug-likeness (QED) is 0.375. The summed E-state index contributed by atoms with van der Waals surface area (Å²) in [7, 11) is 0. The average Bonchev–Trinajstić information content (AvgIpc) is 2.74. The molecule has 3 rings (SSSR count). The van der Waals surface area contributed by atoms with Gasteiger partial charge in [0.1, 0.15) is 0 Å². The van der Waals surface area contributed by atoms with Crippen molar-refractivity contribution < 1.29 is 13.2 Å². The van der Waals surface area contributed by atoms with Gasteiger partial charge in [0.25, 0.3) is 0 Å². The SMILES string of the molecule is C#CC(C)(CC(C)c1cccc(Cc2ccccc2)c1)c1ccc(C(F)(F)F)cc1. The van der Waals surface area contributed by atoms with Crippen molar-refractivity contribution in [1.82, 2.24) is 0 Å². The summed E-state index contributed by atoms with van der Waals surface area (Å²) in [6, 6.07) is 23.9. The van der Waals surface area contributed by atoms with Crippen molar-refractivity contribution in [2.45, 2.75) is 44.2 Å². The van der Waals surface area contributed by atoms with Gasteiger partial charge in [0.05, 0.1) is 11.0 Å². The zero-order valence-corrected chi connectivity index (χ0v) is 17.2. The average molecular weight is 406 g/mol. The first-order valence-electron chi connectivity index (χ1n) is 9.99. The van der Waals surface area contributed by atoms with Crippen LogP contribution in [0.4, 0.5) is 13.2 Å². The molecular weight excluding hydrogens is 381 g/mol. The molecule has 0 aliphatic carbocycles. The van der Waals surface area contributed by atoms with Crippen molar-refractivity contribution in [3.63, 3.8) is 0 Å². The molecule has 0 heterocycles. The molecule has 0 aliphatic rings. The number of terminal acetylenes is 1. The highest BCUT2D eigenvalue weighted by Gasteiger charge is 2.32. The van der Waals surface area contributed by atoms with Crippen LogP contribution in [0.1, 0.15) is 54.0 Å². The van der Waals surface area contributed by atoms with Crippen LogP contribution in [0.15, 0.2) is 78.9 Å². The fraction of sp³-hybridized carbons (Fsp3) is 0.259. The molecule has 3 aromatic carbocycles. The van der Waals surface area contributed by atoms with E-state index in [4.69, 9.17) is 6.42 Å². The minimum absolute atomic E-state index is 0.157. The Kier molecular flexibility index (Phi) is 6.37. The Morgan fingerprint density at radius 1 is 0.833 bits per heavy atom. The van der Waals surface area contributed by atoms with Crippen LogP contribution in [0, 0.1) is 12.3 Å². The minimum atomic E-state index is -4.35. The molecular formula is C27H25F3. The summed E-state index contributed by atoms with van der Waals surface area (Å²) in [5.74, 6) is 2.98. The van der Waals surface area contributed by atoms with Crippen LogP contribution < -0.4 is 0 Å². The summed E-state index contributed by atoms with van der Waals surface area (Å²) in [6.45, 7) is 4.03. The van der Waals surface area contributed by atoms with Crippen LogP contribution in [-0.4, -0.2) is 0 Å². The van der Waals surface area contributed by atoms with Gasteiger partial charge in [-0.1, -0.05) is 79.6 Å². The summed E-state index contributed by atoms with van der Waals surface area (Å²) in [4.78, 5) is 0. The third-order valence-electron chi connectivity index (χ3n) is 5.65. The first-order valence-corrected chi connectivity index (χ1v) is 9.99. The van der Waals surface area contributed by atoms with Gasteiger partial charge in [-0.15, -0.1) is 6.42 Å². The first-order chi connectivity index (χ1) is 14.2. The Morgan fingerprint density at radius 3 is 2.03 bits per heavy atom. The topological polar surface area (TPSA) is 0 Å². The van der Waals surface area contributed by atoms with Gasteiger partial charge in [0, 0.05) is 0 Å². The van der Waals surface area contributed by atoms with E-state index in [1.54, 1.807) is 0 Å². The molecule has 154 valence electrons. The molecule has 0 aliphatic heterocycles. The monoisotopic (exact) mass is 406 g/mol. The summed E-state index contributed by atoms with van der Waals surface area (Å²) < 4.78 is 38.6. The van der Waals surface area contributed by atoms with Gasteiger partial charge < -0.3 is 0 Å². The number of rotatable bonds is 6. The zero-order valence-electron chi connectivity index (χ0n) is 17.2. The highest BCUT2D eigenvalue weighted by Crippen LogP contribution is 2.37. The molecule has 0 spiro atoms. The third kappa shape index (κ3) is 5.13. The molecule has 0 radical (unpaired) electrons. The molecule has 3 heteroatoms. The molecule has 2 atom stereocenters. The molecule has 0 bridgehead atoms. The van der Waals surface area contributed by atoms with Crippen molar-refractivity contribution in [2.75, 3.05) is 0 Å². The molecule has 0 saturated carbocycles. The second-order valence-corrected chi connectivity index (χ2v) is 8.06. The fourth-order valence-electron chi connectivity index (χ4n) is 3.86. The fourth-order valence-corrected chi connectivity index (χ4v) is 3.86. The number of hydrogen-bond acceptors (Lipinski definition) is 0. The van der Waals surface area contributed by atoms with Crippen LogP contribution in [0.25, 0.3) is 0 Å². The second-order valence-electron chi connectivity index (χ2n) is 8.06. The molecule has 0 nitrogen and oxygen atoms in total. The zero-order chi connectivity index (χ0) is 21.8. The highest BCUT2D eigenvalue weighted by molar-refractivity contribution is 5.38. The Labute approximate surface area is 176 Å². The number of benzene rings is 3. The lowest BCUT2D eigenvalue weighted by Gasteiger charge is -2.28. The molecule has 0 saturated heterocycles. The van der Waals surface area contributed by atoms with E-state index >= 15 is 0 Å². The van der Waals surface area contributed by atoms with Crippen molar-refractivity contribution in [1.29, 1.82) is 0 Å². The van der Waals surface area contributed by atoms with Crippen LogP contribution >= 0.6 is 0 Å². The number of alkyl halides is 3. The Bertz CT molecular complexity index is 1010. The maximum atomic E-state index is 12.9. The minimum Gasteiger partial charge on any atom is -0.166 e. The lowest BCUT2D eigenvalue weighted by atomic mass is 9.74. The van der Waals surface area contributed by atoms with E-state index in [2.05, 4.69) is 49.2 Å². The molecule has 2 unspecified atom stereocenters. The lowest BCUT2D eigenvalue weighted by molar-refractivity contribution is -0.137. The normalized spacial score (nSPS) is 14.5. The van der Waals surface area contributed by atoms with Gasteiger partial charge in [-0.25, -0.2) is 0 Å². The molecule has 0 fully saturated rings. The Morgan fingerprint density at radius 2 is 1.43 bits per heavy atom. The standard InChI is InChI=1S/C27H25F3/c1-4-26(3,24-13-15-25(16-14-24)27(28,29)30)19-20(2)23-12-8-11-22(18-23)17-21-9-6-5-7-10-21/h1,5-16,18,20H,17,19H2,2-3H3. The van der Waals surface area contributed by atoms with Crippen molar-refractivity contribution in [3.05, 3.63) is 107 Å². The van der Waals surface area contributed by atoms with Gasteiger partial charge in [-0.05, 0) is 60.1 Å². The first kappa shape index (κ1) is 21.7. The van der Waals surface area contributed by atoms with E-state index in [0.29, 0.717) is 6.42 Å². The Balaban J connectivity index is 1.78. The van der Waals surface area contributed by atoms with E-state index in [9.17, 15) is 13.2 Å². The van der Waals surface area contributed by atoms with Crippen LogP contribution in [0.3, 0.4) is 0 Å². The summed E-state index contributed by atoms with van der Waals surface area (Å²) in [5, 5.41) is 0. The van der Waals surface area contributed by atoms with E-state index in [0.717, 1.165) is 24.1 Å². The molecule has 0 aromatic heterocycles. The molecule has 0 N–H and O–H groups in total. The summed E-state index contributed by atoms with van der Waals surface area (Å²) in [5.41, 5.74) is 3.07. The third-order valence-corrected chi connectivity index (χ3v) is 5.65. The van der Waals surface area contributed by atoms with Crippen molar-refractivity contribution in [2.24, 2.45) is 0 Å². The van der Waals surface area contributed by atoms with Crippen molar-refractivity contribution >= 4 is 0 Å². The van der Waals surface area contributed by atoms with E-state index < -0.39 is 17.2 Å². The molecule has 0 amide bonds. The van der Waals surface area contributed by atoms with Crippen LogP contribution in [0.2, 0.25) is 0 Å². The van der Waals surface area contributed by atoms with Gasteiger partial charge >= 0.3 is 6.18 Å². The van der Waals surface area contributed by atoms with E-state index in [-0.39, 0.29) is 5.92 Å². The predicted octanol–water partition coefficient (Wildman–Crippen LogP) is 7.38. The van der Waals surface area contributed by atoms with Gasteiger partial charge in [0.15, 0.2) is 0 Å². The highest BCUT2D eigenvalue weighted by atomic mass is 19.4.